The number of aromatic amines is 1. The maximum Gasteiger partial charge on any atom is 0.147 e. The molecule has 1 aromatic heterocycles. The predicted molar refractivity (Wildman–Crippen MR) is 69.1 cm³/mol. The number of halogens is 2. The Morgan fingerprint density at radius 3 is 2.62 bits per heavy atom. The highest BCUT2D eigenvalue weighted by atomic mass is 79.9. The fourth-order valence-electron chi connectivity index (χ4n) is 1.93. The summed E-state index contributed by atoms with van der Waals surface area (Å²) in [5, 5.41) is 0.712. The zero-order valence-corrected chi connectivity index (χ0v) is 11.3. The highest BCUT2D eigenvalue weighted by Crippen LogP contribution is 2.31. The predicted octanol–water partition coefficient (Wildman–Crippen LogP) is 4.66. The lowest BCUT2D eigenvalue weighted by atomic mass is 9.88. The fourth-order valence-corrected chi connectivity index (χ4v) is 2.26. The minimum Gasteiger partial charge on any atom is -0.361 e. The van der Waals surface area contributed by atoms with Crippen molar-refractivity contribution in [1.82, 2.24) is 4.98 Å². The van der Waals surface area contributed by atoms with Gasteiger partial charge in [-0.05, 0) is 45.5 Å². The van der Waals surface area contributed by atoms with Gasteiger partial charge in [0.1, 0.15) is 5.82 Å². The van der Waals surface area contributed by atoms with E-state index >= 15 is 0 Å². The molecule has 0 bridgehead atoms. The molecule has 16 heavy (non-hydrogen) atoms. The average Bonchev–Trinajstić information content (AvgIpc) is 2.53. The number of H-pyrrole nitrogens is 1. The van der Waals surface area contributed by atoms with Crippen molar-refractivity contribution in [2.24, 2.45) is 5.41 Å². The molecule has 0 atom stereocenters. The van der Waals surface area contributed by atoms with Crippen molar-refractivity contribution in [3.63, 3.8) is 0 Å². The van der Waals surface area contributed by atoms with Crippen molar-refractivity contribution >= 4 is 26.8 Å². The number of benzene rings is 1. The van der Waals surface area contributed by atoms with E-state index in [9.17, 15) is 4.39 Å². The lowest BCUT2D eigenvalue weighted by molar-refractivity contribution is 0.412. The summed E-state index contributed by atoms with van der Waals surface area (Å²) in [6.07, 6.45) is 2.77. The van der Waals surface area contributed by atoms with Crippen LogP contribution in [0.4, 0.5) is 4.39 Å². The number of aromatic nitrogens is 1. The summed E-state index contributed by atoms with van der Waals surface area (Å²) in [5.41, 5.74) is 2.06. The highest BCUT2D eigenvalue weighted by Gasteiger charge is 2.17. The number of fused-ring (bicyclic) bond motifs is 1. The average molecular weight is 284 g/mol. The molecule has 2 rings (SSSR count). The number of rotatable bonds is 1. The van der Waals surface area contributed by atoms with Crippen molar-refractivity contribution in [2.45, 2.75) is 27.2 Å². The van der Waals surface area contributed by atoms with Crippen molar-refractivity contribution < 1.29 is 4.39 Å². The summed E-state index contributed by atoms with van der Waals surface area (Å²) in [7, 11) is 0. The summed E-state index contributed by atoms with van der Waals surface area (Å²) < 4.78 is 14.5. The Morgan fingerprint density at radius 1 is 1.31 bits per heavy atom. The summed E-state index contributed by atoms with van der Waals surface area (Å²) in [4.78, 5) is 3.12. The van der Waals surface area contributed by atoms with Gasteiger partial charge in [0.15, 0.2) is 0 Å². The Morgan fingerprint density at radius 2 is 2.00 bits per heavy atom. The van der Waals surface area contributed by atoms with Crippen molar-refractivity contribution in [3.8, 4) is 0 Å². The Bertz CT molecular complexity index is 522. The molecule has 0 aliphatic carbocycles. The van der Waals surface area contributed by atoms with E-state index in [0.717, 1.165) is 17.5 Å². The maximum atomic E-state index is 14.0. The third-order valence-corrected chi connectivity index (χ3v) is 3.15. The Balaban J connectivity index is 2.59. The van der Waals surface area contributed by atoms with Gasteiger partial charge in [0.2, 0.25) is 0 Å². The summed E-state index contributed by atoms with van der Waals surface area (Å²) in [5.74, 6) is -0.169. The van der Waals surface area contributed by atoms with Crippen molar-refractivity contribution in [1.29, 1.82) is 0 Å². The van der Waals surface area contributed by atoms with Gasteiger partial charge >= 0.3 is 0 Å². The van der Waals surface area contributed by atoms with Crippen LogP contribution in [0.2, 0.25) is 0 Å². The molecule has 1 heterocycles. The lowest BCUT2D eigenvalue weighted by Crippen LogP contribution is -2.08. The molecular weight excluding hydrogens is 269 g/mol. The first-order chi connectivity index (χ1) is 7.38. The molecule has 0 saturated carbocycles. The van der Waals surface area contributed by atoms with E-state index in [0.29, 0.717) is 9.86 Å². The highest BCUT2D eigenvalue weighted by molar-refractivity contribution is 9.10. The topological polar surface area (TPSA) is 15.8 Å². The first kappa shape index (κ1) is 11.6. The Hall–Kier alpha value is -0.830. The number of hydrogen-bond donors (Lipinski definition) is 1. The first-order valence-electron chi connectivity index (χ1n) is 5.32. The van der Waals surface area contributed by atoms with E-state index < -0.39 is 0 Å². The largest absolute Gasteiger partial charge is 0.361 e. The molecule has 3 heteroatoms. The molecule has 1 N–H and O–H groups in total. The van der Waals surface area contributed by atoms with Gasteiger partial charge in [0.25, 0.3) is 0 Å². The third-order valence-electron chi connectivity index (χ3n) is 2.54. The van der Waals surface area contributed by atoms with Crippen LogP contribution in [0.3, 0.4) is 0 Å². The van der Waals surface area contributed by atoms with E-state index in [1.807, 2.05) is 12.3 Å². The third kappa shape index (κ3) is 2.14. The summed E-state index contributed by atoms with van der Waals surface area (Å²) >= 11 is 3.23. The van der Waals surface area contributed by atoms with E-state index in [1.54, 1.807) is 6.07 Å². The van der Waals surface area contributed by atoms with Crippen LogP contribution in [0.25, 0.3) is 10.9 Å². The van der Waals surface area contributed by atoms with Crippen LogP contribution in [0.15, 0.2) is 22.8 Å². The minimum absolute atomic E-state index is 0.157. The molecule has 0 aliphatic heterocycles. The normalized spacial score (nSPS) is 12.3. The fraction of sp³-hybridized carbons (Fsp3) is 0.385. The number of hydrogen-bond acceptors (Lipinski definition) is 0. The van der Waals surface area contributed by atoms with Crippen LogP contribution < -0.4 is 0 Å². The van der Waals surface area contributed by atoms with Crippen LogP contribution in [0.1, 0.15) is 26.3 Å². The van der Waals surface area contributed by atoms with Gasteiger partial charge in [-0.25, -0.2) is 4.39 Å². The van der Waals surface area contributed by atoms with Crippen LogP contribution >= 0.6 is 15.9 Å². The molecule has 0 aliphatic rings. The Labute approximate surface area is 103 Å². The van der Waals surface area contributed by atoms with Gasteiger partial charge in [-0.1, -0.05) is 20.8 Å². The SMILES string of the molecule is CC(C)(C)Cc1c[nH]c2ccc(Br)c(F)c12. The Kier molecular flexibility index (Phi) is 2.82. The second kappa shape index (κ2) is 3.88. The molecule has 1 aromatic carbocycles. The summed E-state index contributed by atoms with van der Waals surface area (Å²) in [6, 6.07) is 3.63. The first-order valence-corrected chi connectivity index (χ1v) is 6.12. The zero-order valence-electron chi connectivity index (χ0n) is 9.70. The second-order valence-electron chi connectivity index (χ2n) is 5.34. The molecule has 0 unspecified atom stereocenters. The molecule has 2 aromatic rings. The van der Waals surface area contributed by atoms with Gasteiger partial charge in [-0.3, -0.25) is 0 Å². The maximum absolute atomic E-state index is 14.0. The van der Waals surface area contributed by atoms with Gasteiger partial charge < -0.3 is 4.98 Å². The minimum atomic E-state index is -0.169. The molecule has 0 radical (unpaired) electrons. The monoisotopic (exact) mass is 283 g/mol. The molecule has 0 amide bonds. The lowest BCUT2D eigenvalue weighted by Gasteiger charge is -2.17. The van der Waals surface area contributed by atoms with Crippen LogP contribution in [-0.4, -0.2) is 4.98 Å². The zero-order chi connectivity index (χ0) is 11.9. The standard InChI is InChI=1S/C13H15BrFN/c1-13(2,3)6-8-7-16-10-5-4-9(14)12(15)11(8)10/h4-5,7,16H,6H2,1-3H3. The molecule has 0 saturated heterocycles. The van der Waals surface area contributed by atoms with E-state index in [4.69, 9.17) is 0 Å². The van der Waals surface area contributed by atoms with Crippen LogP contribution in [-0.2, 0) is 6.42 Å². The van der Waals surface area contributed by atoms with Gasteiger partial charge in [-0.2, -0.15) is 0 Å². The molecule has 0 fully saturated rings. The van der Waals surface area contributed by atoms with E-state index in [1.165, 1.54) is 0 Å². The quantitative estimate of drug-likeness (QED) is 0.784. The molecule has 1 nitrogen and oxygen atoms in total. The molecular formula is C13H15BrFN. The molecule has 0 spiro atoms. The van der Waals surface area contributed by atoms with Crippen LogP contribution in [0, 0.1) is 11.2 Å². The van der Waals surface area contributed by atoms with Gasteiger partial charge in [0, 0.05) is 17.1 Å². The number of nitrogens with one attached hydrogen (secondary N) is 1. The van der Waals surface area contributed by atoms with E-state index in [2.05, 4.69) is 41.7 Å². The van der Waals surface area contributed by atoms with E-state index in [-0.39, 0.29) is 11.2 Å². The smallest absolute Gasteiger partial charge is 0.147 e. The molecule has 86 valence electrons. The van der Waals surface area contributed by atoms with Gasteiger partial charge in [-0.15, -0.1) is 0 Å². The second-order valence-corrected chi connectivity index (χ2v) is 6.19. The van der Waals surface area contributed by atoms with Crippen molar-refractivity contribution in [2.75, 3.05) is 0 Å². The van der Waals surface area contributed by atoms with Gasteiger partial charge in [0.05, 0.1) is 4.47 Å². The summed E-state index contributed by atoms with van der Waals surface area (Å²) in [6.45, 7) is 6.46. The van der Waals surface area contributed by atoms with Crippen molar-refractivity contribution in [3.05, 3.63) is 34.2 Å². The van der Waals surface area contributed by atoms with Crippen LogP contribution in [0.5, 0.6) is 0 Å².